The molecule has 0 aromatic rings. The van der Waals surface area contributed by atoms with Crippen LogP contribution in [-0.2, 0) is 9.53 Å². The Morgan fingerprint density at radius 2 is 1.87 bits per heavy atom. The van der Waals surface area contributed by atoms with E-state index < -0.39 is 0 Å². The highest BCUT2D eigenvalue weighted by molar-refractivity contribution is 5.78. The summed E-state index contributed by atoms with van der Waals surface area (Å²) in [6, 6.07) is 0. The van der Waals surface area contributed by atoms with Gasteiger partial charge in [-0.1, -0.05) is 53.4 Å². The molecule has 0 aliphatic carbocycles. The first-order valence-electron chi connectivity index (χ1n) is 6.17. The van der Waals surface area contributed by atoms with Crippen molar-refractivity contribution in [1.29, 1.82) is 0 Å². The lowest BCUT2D eigenvalue weighted by Gasteiger charge is -2.43. The maximum atomic E-state index is 11.3. The van der Waals surface area contributed by atoms with Crippen molar-refractivity contribution in [2.75, 3.05) is 0 Å². The lowest BCUT2D eigenvalue weighted by Crippen LogP contribution is -2.52. The van der Waals surface area contributed by atoms with E-state index in [1.54, 1.807) is 0 Å². The molecular formula is C13H24O2. The summed E-state index contributed by atoms with van der Waals surface area (Å²) in [5.74, 6) is 0.188. The Hall–Kier alpha value is -0.530. The summed E-state index contributed by atoms with van der Waals surface area (Å²) < 4.78 is 5.23. The lowest BCUT2D eigenvalue weighted by atomic mass is 9.76. The van der Waals surface area contributed by atoms with Crippen LogP contribution in [0.3, 0.4) is 0 Å². The number of carbonyl (C=O) groups excluding carboxylic acids is 1. The molecule has 1 saturated heterocycles. The molecule has 0 saturated carbocycles. The molecule has 0 aromatic heterocycles. The van der Waals surface area contributed by atoms with Gasteiger partial charge >= 0.3 is 5.97 Å². The molecule has 2 atom stereocenters. The Morgan fingerprint density at radius 3 is 2.33 bits per heavy atom. The number of unbranched alkanes of at least 4 members (excludes halogenated alkanes) is 3. The number of rotatable bonds is 5. The van der Waals surface area contributed by atoms with Crippen LogP contribution in [0.1, 0.15) is 59.8 Å². The molecule has 2 heteroatoms. The molecule has 2 nitrogen and oxygen atoms in total. The highest BCUT2D eigenvalue weighted by atomic mass is 16.6. The number of hydrogen-bond donors (Lipinski definition) is 0. The fourth-order valence-corrected chi connectivity index (χ4v) is 2.19. The Morgan fingerprint density at radius 1 is 1.20 bits per heavy atom. The van der Waals surface area contributed by atoms with Crippen molar-refractivity contribution < 1.29 is 9.53 Å². The molecule has 15 heavy (non-hydrogen) atoms. The highest BCUT2D eigenvalue weighted by Crippen LogP contribution is 2.39. The monoisotopic (exact) mass is 212 g/mol. The SMILES string of the molecule is CCCCCC[C@@H]1C(=O)O[C@H]1C(C)(C)C. The Kier molecular flexibility index (Phi) is 4.18. The normalized spacial score (nSPS) is 26.0. The topological polar surface area (TPSA) is 26.3 Å². The Balaban J connectivity index is 2.30. The van der Waals surface area contributed by atoms with Crippen LogP contribution < -0.4 is 0 Å². The van der Waals surface area contributed by atoms with Gasteiger partial charge in [-0.2, -0.15) is 0 Å². The number of ether oxygens (including phenoxy) is 1. The minimum absolute atomic E-state index is 0.0198. The van der Waals surface area contributed by atoms with Gasteiger partial charge < -0.3 is 4.74 Å². The summed E-state index contributed by atoms with van der Waals surface area (Å²) in [7, 11) is 0. The van der Waals surface area contributed by atoms with E-state index >= 15 is 0 Å². The zero-order valence-electron chi connectivity index (χ0n) is 10.5. The van der Waals surface area contributed by atoms with Gasteiger partial charge in [0.25, 0.3) is 0 Å². The second kappa shape index (κ2) is 5.00. The van der Waals surface area contributed by atoms with E-state index in [1.807, 2.05) is 0 Å². The lowest BCUT2D eigenvalue weighted by molar-refractivity contribution is -0.199. The van der Waals surface area contributed by atoms with Gasteiger partial charge in [0.1, 0.15) is 6.10 Å². The Labute approximate surface area is 93.4 Å². The summed E-state index contributed by atoms with van der Waals surface area (Å²) in [5, 5.41) is 0. The molecule has 0 spiro atoms. The van der Waals surface area contributed by atoms with Gasteiger partial charge in [-0.3, -0.25) is 4.79 Å². The standard InChI is InChI=1S/C13H24O2/c1-5-6-7-8-9-10-11(13(2,3)4)15-12(10)14/h10-11H,5-9H2,1-4H3/t10-,11+/m0/s1. The van der Waals surface area contributed by atoms with Crippen LogP contribution in [0.5, 0.6) is 0 Å². The highest BCUT2D eigenvalue weighted by Gasteiger charge is 2.47. The summed E-state index contributed by atoms with van der Waals surface area (Å²) in [6.07, 6.45) is 6.10. The van der Waals surface area contributed by atoms with Gasteiger partial charge in [-0.15, -0.1) is 0 Å². The quantitative estimate of drug-likeness (QED) is 0.514. The van der Waals surface area contributed by atoms with Crippen LogP contribution in [0, 0.1) is 11.3 Å². The van der Waals surface area contributed by atoms with Crippen LogP contribution in [0.4, 0.5) is 0 Å². The predicted octanol–water partition coefficient (Wildman–Crippen LogP) is 3.54. The molecular weight excluding hydrogens is 188 g/mol. The van der Waals surface area contributed by atoms with E-state index in [-0.39, 0.29) is 23.4 Å². The van der Waals surface area contributed by atoms with E-state index in [0.717, 1.165) is 6.42 Å². The van der Waals surface area contributed by atoms with E-state index in [0.29, 0.717) is 0 Å². The van der Waals surface area contributed by atoms with Gasteiger partial charge in [0, 0.05) is 0 Å². The fourth-order valence-electron chi connectivity index (χ4n) is 2.19. The third-order valence-electron chi connectivity index (χ3n) is 3.13. The predicted molar refractivity (Wildman–Crippen MR) is 61.6 cm³/mol. The first kappa shape index (κ1) is 12.5. The van der Waals surface area contributed by atoms with Crippen molar-refractivity contribution in [1.82, 2.24) is 0 Å². The largest absolute Gasteiger partial charge is 0.461 e. The van der Waals surface area contributed by atoms with Gasteiger partial charge in [-0.05, 0) is 11.8 Å². The average molecular weight is 212 g/mol. The van der Waals surface area contributed by atoms with Crippen LogP contribution >= 0.6 is 0 Å². The van der Waals surface area contributed by atoms with E-state index in [1.165, 1.54) is 25.7 Å². The molecule has 1 heterocycles. The maximum Gasteiger partial charge on any atom is 0.313 e. The molecule has 0 N–H and O–H groups in total. The van der Waals surface area contributed by atoms with Crippen LogP contribution in [-0.4, -0.2) is 12.1 Å². The average Bonchev–Trinajstić information content (AvgIpc) is 2.12. The molecule has 1 aliphatic heterocycles. The molecule has 1 rings (SSSR count). The molecule has 88 valence electrons. The zero-order valence-corrected chi connectivity index (χ0v) is 10.5. The van der Waals surface area contributed by atoms with Crippen LogP contribution in [0.2, 0.25) is 0 Å². The number of esters is 1. The van der Waals surface area contributed by atoms with E-state index in [9.17, 15) is 4.79 Å². The van der Waals surface area contributed by atoms with Crippen LogP contribution in [0.25, 0.3) is 0 Å². The van der Waals surface area contributed by atoms with Gasteiger partial charge in [0.15, 0.2) is 0 Å². The summed E-state index contributed by atoms with van der Waals surface area (Å²) in [4.78, 5) is 11.3. The van der Waals surface area contributed by atoms with Gasteiger partial charge in [0.2, 0.25) is 0 Å². The third-order valence-corrected chi connectivity index (χ3v) is 3.13. The summed E-state index contributed by atoms with van der Waals surface area (Å²) >= 11 is 0. The number of carbonyl (C=O) groups is 1. The smallest absolute Gasteiger partial charge is 0.313 e. The van der Waals surface area contributed by atoms with E-state index in [2.05, 4.69) is 27.7 Å². The number of cyclic esters (lactones) is 1. The van der Waals surface area contributed by atoms with Crippen LogP contribution in [0.15, 0.2) is 0 Å². The van der Waals surface area contributed by atoms with Gasteiger partial charge in [0.05, 0.1) is 5.92 Å². The van der Waals surface area contributed by atoms with Crippen molar-refractivity contribution in [3.8, 4) is 0 Å². The van der Waals surface area contributed by atoms with E-state index in [4.69, 9.17) is 4.74 Å². The Bertz CT molecular complexity index is 215. The fraction of sp³-hybridized carbons (Fsp3) is 0.923. The molecule has 0 aromatic carbocycles. The molecule has 1 fully saturated rings. The molecule has 1 aliphatic rings. The first-order chi connectivity index (χ1) is 6.96. The minimum atomic E-state index is 0.0198. The molecule has 0 amide bonds. The van der Waals surface area contributed by atoms with Crippen molar-refractivity contribution in [3.63, 3.8) is 0 Å². The van der Waals surface area contributed by atoms with Crippen molar-refractivity contribution in [2.45, 2.75) is 65.9 Å². The zero-order chi connectivity index (χ0) is 11.5. The second-order valence-electron chi connectivity index (χ2n) is 5.68. The van der Waals surface area contributed by atoms with Gasteiger partial charge in [-0.25, -0.2) is 0 Å². The van der Waals surface area contributed by atoms with Crippen molar-refractivity contribution in [2.24, 2.45) is 11.3 Å². The maximum absolute atomic E-state index is 11.3. The minimum Gasteiger partial charge on any atom is -0.461 e. The third kappa shape index (κ3) is 3.22. The second-order valence-corrected chi connectivity index (χ2v) is 5.68. The van der Waals surface area contributed by atoms with Crippen molar-refractivity contribution >= 4 is 5.97 Å². The number of hydrogen-bond acceptors (Lipinski definition) is 2. The molecule has 0 unspecified atom stereocenters. The molecule has 0 radical (unpaired) electrons. The van der Waals surface area contributed by atoms with Crippen molar-refractivity contribution in [3.05, 3.63) is 0 Å². The summed E-state index contributed by atoms with van der Waals surface area (Å²) in [6.45, 7) is 8.63. The molecule has 0 bridgehead atoms. The summed E-state index contributed by atoms with van der Waals surface area (Å²) in [5.41, 5.74) is 0.101. The first-order valence-corrected chi connectivity index (χ1v) is 6.17.